The van der Waals surface area contributed by atoms with E-state index in [4.69, 9.17) is 4.65 Å². The molecule has 0 fully saturated rings. The fourth-order valence-electron chi connectivity index (χ4n) is 3.96. The molecule has 0 atom stereocenters. The van der Waals surface area contributed by atoms with E-state index in [9.17, 15) is 5.11 Å². The first-order valence-corrected chi connectivity index (χ1v) is 12.4. The molecule has 0 amide bonds. The Morgan fingerprint density at radius 1 is 0.676 bits per heavy atom. The lowest BCUT2D eigenvalue weighted by molar-refractivity contribution is -0.0893. The van der Waals surface area contributed by atoms with Crippen molar-refractivity contribution in [1.82, 2.24) is 0 Å². The monoisotopic (exact) mass is 463 g/mol. The fraction of sp³-hybridized carbons (Fsp3) is 0.200. The van der Waals surface area contributed by atoms with Crippen LogP contribution in [0.25, 0.3) is 42.4 Å². The summed E-state index contributed by atoms with van der Waals surface area (Å²) in [5, 5.41) is 12.9. The van der Waals surface area contributed by atoms with Crippen LogP contribution in [0.15, 0.2) is 91.0 Å². The summed E-state index contributed by atoms with van der Waals surface area (Å²) in [7, 11) is 1.79. The smallest absolute Gasteiger partial charge is 0.332 e. The zero-order valence-corrected chi connectivity index (χ0v) is 20.8. The molecule has 0 unspecified atom stereocenters. The molecule has 5 aromatic rings. The number of hydrogen-bond donors (Lipinski definition) is 1. The molecule has 1 radical (unpaired) electrons. The maximum atomic E-state index is 10.4. The van der Waals surface area contributed by atoms with Crippen molar-refractivity contribution in [2.45, 2.75) is 38.9 Å². The van der Waals surface area contributed by atoms with Crippen LogP contribution in [0.5, 0.6) is 0 Å². The maximum Gasteiger partial charge on any atom is 0.332 e. The van der Waals surface area contributed by atoms with Crippen LogP contribution >= 0.6 is 11.3 Å². The highest BCUT2D eigenvalue weighted by Gasteiger charge is 2.35. The van der Waals surface area contributed by atoms with Gasteiger partial charge in [-0.3, -0.25) is 0 Å². The summed E-state index contributed by atoms with van der Waals surface area (Å²) in [6, 6.07) is 32.3. The minimum atomic E-state index is -0.958. The molecule has 0 saturated carbocycles. The normalized spacial score (nSPS) is 12.4. The molecule has 0 aliphatic rings. The predicted octanol–water partition coefficient (Wildman–Crippen LogP) is 7.20. The third kappa shape index (κ3) is 4.29. The van der Waals surface area contributed by atoms with Crippen LogP contribution in [0.4, 0.5) is 0 Å². The van der Waals surface area contributed by atoms with Gasteiger partial charge in [-0.2, -0.15) is 0 Å². The van der Waals surface area contributed by atoms with E-state index >= 15 is 0 Å². The molecule has 4 aromatic carbocycles. The topological polar surface area (TPSA) is 29.5 Å². The van der Waals surface area contributed by atoms with Gasteiger partial charge in [0.15, 0.2) is 0 Å². The average molecular weight is 463 g/mol. The quantitative estimate of drug-likeness (QED) is 0.270. The minimum Gasteiger partial charge on any atom is -0.427 e. The second-order valence-electron chi connectivity index (χ2n) is 9.79. The third-order valence-corrected chi connectivity index (χ3v) is 8.02. The van der Waals surface area contributed by atoms with Gasteiger partial charge in [-0.25, -0.2) is 0 Å². The number of thiophene rings is 1. The van der Waals surface area contributed by atoms with E-state index in [1.54, 1.807) is 32.7 Å². The Hall–Kier alpha value is -2.92. The lowest BCUT2D eigenvalue weighted by Crippen LogP contribution is -2.49. The van der Waals surface area contributed by atoms with Crippen LogP contribution in [-0.4, -0.2) is 23.8 Å². The molecule has 169 valence electrons. The second-order valence-corrected chi connectivity index (χ2v) is 10.8. The number of rotatable bonds is 6. The molecule has 4 heteroatoms. The molecule has 1 heterocycles. The molecule has 0 spiro atoms. The van der Waals surface area contributed by atoms with Crippen LogP contribution in [-0.2, 0) is 4.65 Å². The Balaban J connectivity index is 1.52. The minimum absolute atomic E-state index is 0.706. The first kappa shape index (κ1) is 22.9. The van der Waals surface area contributed by atoms with E-state index in [1.165, 1.54) is 42.4 Å². The van der Waals surface area contributed by atoms with Crippen LogP contribution in [0.1, 0.15) is 27.7 Å². The van der Waals surface area contributed by atoms with Crippen molar-refractivity contribution in [2.75, 3.05) is 0 Å². The van der Waals surface area contributed by atoms with Gasteiger partial charge < -0.3 is 9.76 Å². The van der Waals surface area contributed by atoms with E-state index in [0.29, 0.717) is 0 Å². The van der Waals surface area contributed by atoms with E-state index < -0.39 is 11.2 Å². The highest BCUT2D eigenvalue weighted by Crippen LogP contribution is 2.36. The fourth-order valence-corrected chi connectivity index (χ4v) is 5.11. The highest BCUT2D eigenvalue weighted by atomic mass is 32.1. The van der Waals surface area contributed by atoms with Gasteiger partial charge in [-0.15, -0.1) is 11.3 Å². The first-order chi connectivity index (χ1) is 16.2. The Morgan fingerprint density at radius 2 is 1.32 bits per heavy atom. The number of fused-ring (bicyclic) bond motifs is 3. The van der Waals surface area contributed by atoms with E-state index in [-0.39, 0.29) is 0 Å². The van der Waals surface area contributed by atoms with Crippen molar-refractivity contribution in [3.05, 3.63) is 91.0 Å². The summed E-state index contributed by atoms with van der Waals surface area (Å²) in [5.41, 5.74) is 4.23. The Kier molecular flexibility index (Phi) is 5.85. The van der Waals surface area contributed by atoms with Gasteiger partial charge in [0.25, 0.3) is 0 Å². The molecule has 0 saturated heterocycles. The molecular formula is C30H28BO2S. The van der Waals surface area contributed by atoms with Crippen molar-refractivity contribution in [2.24, 2.45) is 0 Å². The summed E-state index contributed by atoms with van der Waals surface area (Å²) < 4.78 is 8.51. The second kappa shape index (κ2) is 8.70. The number of aliphatic hydroxyl groups is 1. The summed E-state index contributed by atoms with van der Waals surface area (Å²) >= 11 is 1.78. The van der Waals surface area contributed by atoms with Crippen LogP contribution in [0.3, 0.4) is 0 Å². The molecule has 0 aliphatic heterocycles. The molecule has 2 nitrogen and oxygen atoms in total. The van der Waals surface area contributed by atoms with Gasteiger partial charge in [0.1, 0.15) is 0 Å². The van der Waals surface area contributed by atoms with Crippen molar-refractivity contribution in [3.63, 3.8) is 0 Å². The van der Waals surface area contributed by atoms with Crippen LogP contribution < -0.4 is 5.46 Å². The van der Waals surface area contributed by atoms with Gasteiger partial charge >= 0.3 is 7.48 Å². The van der Waals surface area contributed by atoms with E-state index in [2.05, 4.69) is 84.9 Å². The standard InChI is InChI=1S/C30H28BO2S/c1-29(2,32)30(3,4)33-31-26-15-9-14-24-25-19-23(16-17-27(25)34-28(24)26)22-13-8-12-21(18-22)20-10-6-5-7-11-20/h5-19,32H,1-4H3. The zero-order valence-electron chi connectivity index (χ0n) is 20.0. The number of benzene rings is 4. The molecular weight excluding hydrogens is 435 g/mol. The van der Waals surface area contributed by atoms with Gasteiger partial charge in [0.05, 0.1) is 11.2 Å². The van der Waals surface area contributed by atoms with Crippen molar-refractivity contribution in [3.8, 4) is 22.3 Å². The van der Waals surface area contributed by atoms with Crippen LogP contribution in [0, 0.1) is 0 Å². The van der Waals surface area contributed by atoms with Crippen molar-refractivity contribution in [1.29, 1.82) is 0 Å². The highest BCUT2D eigenvalue weighted by molar-refractivity contribution is 7.27. The maximum absolute atomic E-state index is 10.4. The van der Waals surface area contributed by atoms with E-state index in [1.807, 2.05) is 19.9 Å². The molecule has 0 aliphatic carbocycles. The summed E-state index contributed by atoms with van der Waals surface area (Å²) in [6.45, 7) is 7.36. The lowest BCUT2D eigenvalue weighted by Gasteiger charge is -2.37. The van der Waals surface area contributed by atoms with Gasteiger partial charge in [0, 0.05) is 14.8 Å². The van der Waals surface area contributed by atoms with Crippen LogP contribution in [0.2, 0.25) is 0 Å². The largest absolute Gasteiger partial charge is 0.427 e. The molecule has 1 aromatic heterocycles. The predicted molar refractivity (Wildman–Crippen MR) is 147 cm³/mol. The molecule has 5 rings (SSSR count). The number of hydrogen-bond acceptors (Lipinski definition) is 3. The van der Waals surface area contributed by atoms with Crippen molar-refractivity contribution < 1.29 is 9.76 Å². The Morgan fingerprint density at radius 3 is 2.06 bits per heavy atom. The molecule has 34 heavy (non-hydrogen) atoms. The van der Waals surface area contributed by atoms with E-state index in [0.717, 1.165) is 5.46 Å². The summed E-state index contributed by atoms with van der Waals surface area (Å²) in [4.78, 5) is 0. The Bertz CT molecular complexity index is 1460. The summed E-state index contributed by atoms with van der Waals surface area (Å²) in [6.07, 6.45) is 0. The van der Waals surface area contributed by atoms with Crippen molar-refractivity contribution >= 4 is 44.5 Å². The summed E-state index contributed by atoms with van der Waals surface area (Å²) in [5.74, 6) is 0. The SMILES string of the molecule is CC(C)(O)C(C)(C)O[B]c1cccc2c1sc1ccc(-c3cccc(-c4ccccc4)c3)cc12. The average Bonchev–Trinajstić information content (AvgIpc) is 3.21. The first-order valence-electron chi connectivity index (χ1n) is 11.6. The molecule has 1 N–H and O–H groups in total. The third-order valence-electron chi connectivity index (χ3n) is 6.78. The van der Waals surface area contributed by atoms with Gasteiger partial charge in [-0.1, -0.05) is 72.8 Å². The van der Waals surface area contributed by atoms with Gasteiger partial charge in [-0.05, 0) is 79.0 Å². The Labute approximate surface area is 206 Å². The molecule has 0 bridgehead atoms. The zero-order chi connectivity index (χ0) is 23.9. The lowest BCUT2D eigenvalue weighted by atomic mass is 9.82. The van der Waals surface area contributed by atoms with Gasteiger partial charge in [0.2, 0.25) is 0 Å².